The van der Waals surface area contributed by atoms with Crippen molar-refractivity contribution >= 4 is 22.0 Å². The Hall–Kier alpha value is -1.36. The first-order valence-corrected chi connectivity index (χ1v) is 6.84. The number of nitrogens with one attached hydrogen (secondary N) is 1. The van der Waals surface area contributed by atoms with E-state index in [1.807, 2.05) is 39.0 Å². The first-order valence-electron chi connectivity index (χ1n) is 6.04. The molecular formula is C14H19BrN2O2. The summed E-state index contributed by atoms with van der Waals surface area (Å²) in [6.07, 6.45) is 1.87. The molecule has 1 aromatic rings. The van der Waals surface area contributed by atoms with Crippen molar-refractivity contribution in [2.75, 3.05) is 0 Å². The molecule has 0 saturated heterocycles. The van der Waals surface area contributed by atoms with Crippen LogP contribution in [0.3, 0.4) is 0 Å². The molecule has 1 rings (SSSR count). The molecule has 0 radical (unpaired) electrons. The second kappa shape index (κ2) is 6.70. The van der Waals surface area contributed by atoms with Crippen LogP contribution < -0.4 is 5.32 Å². The van der Waals surface area contributed by atoms with E-state index in [2.05, 4.69) is 32.8 Å². The highest BCUT2D eigenvalue weighted by atomic mass is 79.9. The largest absolute Gasteiger partial charge is 0.444 e. The van der Waals surface area contributed by atoms with Crippen molar-refractivity contribution in [3.05, 3.63) is 41.2 Å². The van der Waals surface area contributed by atoms with Crippen molar-refractivity contribution < 1.29 is 9.53 Å². The number of hydrogen-bond acceptors (Lipinski definition) is 3. The fourth-order valence-corrected chi connectivity index (χ4v) is 1.85. The van der Waals surface area contributed by atoms with E-state index >= 15 is 0 Å². The Labute approximate surface area is 122 Å². The molecule has 1 unspecified atom stereocenters. The van der Waals surface area contributed by atoms with Gasteiger partial charge in [-0.15, -0.1) is 6.58 Å². The van der Waals surface area contributed by atoms with Gasteiger partial charge in [-0.2, -0.15) is 0 Å². The molecule has 1 atom stereocenters. The summed E-state index contributed by atoms with van der Waals surface area (Å²) < 4.78 is 5.97. The SMILES string of the molecule is C=CCC(NC(=O)OC(C)(C)C)c1cccc(Br)n1. The number of pyridine rings is 1. The smallest absolute Gasteiger partial charge is 0.408 e. The first kappa shape index (κ1) is 15.7. The molecule has 19 heavy (non-hydrogen) atoms. The van der Waals surface area contributed by atoms with E-state index < -0.39 is 11.7 Å². The number of hydrogen-bond donors (Lipinski definition) is 1. The maximum absolute atomic E-state index is 11.8. The highest BCUT2D eigenvalue weighted by molar-refractivity contribution is 9.10. The Morgan fingerprint density at radius 1 is 1.58 bits per heavy atom. The minimum atomic E-state index is -0.520. The molecule has 0 bridgehead atoms. The standard InChI is InChI=1S/C14H19BrN2O2/c1-5-7-10(11-8-6-9-12(15)16-11)17-13(18)19-14(2,3)4/h5-6,8-10H,1,7H2,2-4H3,(H,17,18). The van der Waals surface area contributed by atoms with E-state index in [-0.39, 0.29) is 6.04 Å². The zero-order valence-corrected chi connectivity index (χ0v) is 13.0. The molecular weight excluding hydrogens is 308 g/mol. The van der Waals surface area contributed by atoms with Gasteiger partial charge in [0.15, 0.2) is 0 Å². The van der Waals surface area contributed by atoms with Crippen molar-refractivity contribution in [1.82, 2.24) is 10.3 Å². The third-order valence-electron chi connectivity index (χ3n) is 2.19. The lowest BCUT2D eigenvalue weighted by molar-refractivity contribution is 0.0503. The lowest BCUT2D eigenvalue weighted by atomic mass is 10.1. The first-order chi connectivity index (χ1) is 8.81. The van der Waals surface area contributed by atoms with E-state index in [4.69, 9.17) is 4.74 Å². The van der Waals surface area contributed by atoms with Crippen LogP contribution in [0.25, 0.3) is 0 Å². The van der Waals surface area contributed by atoms with Gasteiger partial charge in [-0.1, -0.05) is 12.1 Å². The number of carbonyl (C=O) groups excluding carboxylic acids is 1. The normalized spacial score (nSPS) is 12.6. The molecule has 1 amide bonds. The molecule has 0 aliphatic heterocycles. The minimum Gasteiger partial charge on any atom is -0.444 e. The summed E-state index contributed by atoms with van der Waals surface area (Å²) in [7, 11) is 0. The lowest BCUT2D eigenvalue weighted by Gasteiger charge is -2.23. The zero-order valence-electron chi connectivity index (χ0n) is 11.4. The van der Waals surface area contributed by atoms with Crippen LogP contribution >= 0.6 is 15.9 Å². The zero-order chi connectivity index (χ0) is 14.5. The third kappa shape index (κ3) is 5.87. The number of ether oxygens (including phenoxy) is 1. The summed E-state index contributed by atoms with van der Waals surface area (Å²) >= 11 is 3.32. The second-order valence-electron chi connectivity index (χ2n) is 5.11. The molecule has 0 aromatic carbocycles. The molecule has 5 heteroatoms. The Kier molecular flexibility index (Phi) is 5.54. The van der Waals surface area contributed by atoms with Crippen LogP contribution in [0.5, 0.6) is 0 Å². The number of halogens is 1. The van der Waals surface area contributed by atoms with Gasteiger partial charge in [0.2, 0.25) is 0 Å². The molecule has 0 aliphatic rings. The summed E-state index contributed by atoms with van der Waals surface area (Å²) in [6, 6.07) is 5.32. The Bertz CT molecular complexity index is 455. The molecule has 104 valence electrons. The molecule has 0 spiro atoms. The van der Waals surface area contributed by atoms with Gasteiger partial charge in [0.05, 0.1) is 11.7 Å². The van der Waals surface area contributed by atoms with Crippen molar-refractivity contribution in [3.63, 3.8) is 0 Å². The van der Waals surface area contributed by atoms with Crippen LogP contribution in [0.4, 0.5) is 4.79 Å². The monoisotopic (exact) mass is 326 g/mol. The number of aromatic nitrogens is 1. The summed E-state index contributed by atoms with van der Waals surface area (Å²) in [5, 5.41) is 2.80. The van der Waals surface area contributed by atoms with E-state index in [0.29, 0.717) is 6.42 Å². The predicted octanol–water partition coefficient (Wildman–Crippen LogP) is 3.99. The van der Waals surface area contributed by atoms with Crippen LogP contribution in [0.2, 0.25) is 0 Å². The van der Waals surface area contributed by atoms with E-state index in [1.54, 1.807) is 6.08 Å². The molecule has 1 heterocycles. The van der Waals surface area contributed by atoms with Crippen molar-refractivity contribution in [3.8, 4) is 0 Å². The fraction of sp³-hybridized carbons (Fsp3) is 0.429. The topological polar surface area (TPSA) is 51.2 Å². The molecule has 0 aliphatic carbocycles. The van der Waals surface area contributed by atoms with Crippen LogP contribution in [0, 0.1) is 0 Å². The number of alkyl carbamates (subject to hydrolysis) is 1. The summed E-state index contributed by atoms with van der Waals surface area (Å²) in [5.41, 5.74) is 0.244. The van der Waals surface area contributed by atoms with Gasteiger partial charge in [0.25, 0.3) is 0 Å². The Balaban J connectivity index is 2.78. The molecule has 0 saturated carbocycles. The fourth-order valence-electron chi connectivity index (χ4n) is 1.49. The Morgan fingerprint density at radius 2 is 2.26 bits per heavy atom. The highest BCUT2D eigenvalue weighted by Crippen LogP contribution is 2.18. The number of rotatable bonds is 4. The molecule has 1 N–H and O–H groups in total. The Morgan fingerprint density at radius 3 is 2.79 bits per heavy atom. The summed E-state index contributed by atoms with van der Waals surface area (Å²) in [5.74, 6) is 0. The second-order valence-corrected chi connectivity index (χ2v) is 5.92. The van der Waals surface area contributed by atoms with Crippen molar-refractivity contribution in [1.29, 1.82) is 0 Å². The van der Waals surface area contributed by atoms with Crippen LogP contribution in [0.15, 0.2) is 35.5 Å². The molecule has 1 aromatic heterocycles. The quantitative estimate of drug-likeness (QED) is 0.672. The van der Waals surface area contributed by atoms with Gasteiger partial charge >= 0.3 is 6.09 Å². The predicted molar refractivity (Wildman–Crippen MR) is 78.9 cm³/mol. The summed E-state index contributed by atoms with van der Waals surface area (Å²) in [4.78, 5) is 16.1. The van der Waals surface area contributed by atoms with Gasteiger partial charge in [-0.25, -0.2) is 9.78 Å². The average molecular weight is 327 g/mol. The van der Waals surface area contributed by atoms with Crippen molar-refractivity contribution in [2.45, 2.75) is 38.8 Å². The van der Waals surface area contributed by atoms with E-state index in [9.17, 15) is 4.79 Å². The van der Waals surface area contributed by atoms with Crippen LogP contribution in [0.1, 0.15) is 38.9 Å². The third-order valence-corrected chi connectivity index (χ3v) is 2.63. The average Bonchev–Trinajstić information content (AvgIpc) is 2.26. The van der Waals surface area contributed by atoms with Crippen molar-refractivity contribution in [2.24, 2.45) is 0 Å². The number of carbonyl (C=O) groups is 1. The number of amides is 1. The molecule has 4 nitrogen and oxygen atoms in total. The lowest BCUT2D eigenvalue weighted by Crippen LogP contribution is -2.35. The van der Waals surface area contributed by atoms with E-state index in [1.165, 1.54) is 0 Å². The van der Waals surface area contributed by atoms with Gasteiger partial charge < -0.3 is 10.1 Å². The minimum absolute atomic E-state index is 0.246. The van der Waals surface area contributed by atoms with Crippen LogP contribution in [-0.4, -0.2) is 16.7 Å². The van der Waals surface area contributed by atoms with Gasteiger partial charge in [-0.05, 0) is 55.3 Å². The van der Waals surface area contributed by atoms with E-state index in [0.717, 1.165) is 10.3 Å². The van der Waals surface area contributed by atoms with Gasteiger partial charge in [0, 0.05) is 0 Å². The summed E-state index contributed by atoms with van der Waals surface area (Å²) in [6.45, 7) is 9.18. The maximum atomic E-state index is 11.8. The van der Waals surface area contributed by atoms with Crippen LogP contribution in [-0.2, 0) is 4.74 Å². The number of nitrogens with zero attached hydrogens (tertiary/aromatic N) is 1. The highest BCUT2D eigenvalue weighted by Gasteiger charge is 2.20. The van der Waals surface area contributed by atoms with Gasteiger partial charge in [-0.3, -0.25) is 0 Å². The maximum Gasteiger partial charge on any atom is 0.408 e. The molecule has 0 fully saturated rings. The van der Waals surface area contributed by atoms with Gasteiger partial charge in [0.1, 0.15) is 10.2 Å².